The van der Waals surface area contributed by atoms with Gasteiger partial charge in [-0.05, 0) is 52.7 Å². The molecule has 1 heterocycles. The summed E-state index contributed by atoms with van der Waals surface area (Å²) >= 11 is 0. The highest BCUT2D eigenvalue weighted by Gasteiger charge is 2.29. The fourth-order valence-electron chi connectivity index (χ4n) is 3.13. The summed E-state index contributed by atoms with van der Waals surface area (Å²) in [4.78, 5) is 14.7. The Balaban J connectivity index is 1.90. The summed E-state index contributed by atoms with van der Waals surface area (Å²) in [6.07, 6.45) is 1.74. The molecule has 0 atom stereocenters. The van der Waals surface area contributed by atoms with Crippen LogP contribution in [0.15, 0.2) is 38.7 Å². The first-order chi connectivity index (χ1) is 13.2. The molecule has 0 amide bonds. The molecule has 8 heteroatoms. The van der Waals surface area contributed by atoms with Gasteiger partial charge in [0.15, 0.2) is 0 Å². The molecule has 1 aliphatic rings. The lowest BCUT2D eigenvalue weighted by Crippen LogP contribution is -2.22. The Morgan fingerprint density at radius 2 is 1.86 bits per heavy atom. The molecule has 7 nitrogen and oxygen atoms in total. The van der Waals surface area contributed by atoms with E-state index >= 15 is 0 Å². The van der Waals surface area contributed by atoms with Crippen molar-refractivity contribution >= 4 is 21.7 Å². The van der Waals surface area contributed by atoms with Crippen LogP contribution in [-0.4, -0.2) is 26.2 Å². The van der Waals surface area contributed by atoms with Crippen molar-refractivity contribution in [2.24, 2.45) is 5.10 Å². The lowest BCUT2D eigenvalue weighted by molar-refractivity contribution is 0.0338. The van der Waals surface area contributed by atoms with E-state index in [9.17, 15) is 13.2 Å². The predicted molar refractivity (Wildman–Crippen MR) is 105 cm³/mol. The van der Waals surface area contributed by atoms with Crippen LogP contribution in [0.25, 0.3) is 0 Å². The number of aryl methyl sites for hydroxylation is 2. The van der Waals surface area contributed by atoms with Gasteiger partial charge in [-0.25, -0.2) is 4.79 Å². The standard InChI is InChI=1S/C20H24N2O5S/c1-12(2)26-20(23)19-14(4)18-16(6-5-7-17(18)27-19)21-22-28(24,25)15-10-8-13(3)9-11-15/h8-12,22H,5-7H2,1-4H3/b21-16+. The normalized spacial score (nSPS) is 15.5. The third-order valence-electron chi connectivity index (χ3n) is 4.49. The van der Waals surface area contributed by atoms with E-state index < -0.39 is 16.0 Å². The maximum atomic E-state index is 12.5. The van der Waals surface area contributed by atoms with Gasteiger partial charge in [0.2, 0.25) is 5.76 Å². The van der Waals surface area contributed by atoms with Gasteiger partial charge in [0.05, 0.1) is 16.7 Å². The molecule has 150 valence electrons. The number of fused-ring (bicyclic) bond motifs is 1. The molecule has 1 aromatic heterocycles. The van der Waals surface area contributed by atoms with Crippen molar-refractivity contribution in [2.75, 3.05) is 0 Å². The van der Waals surface area contributed by atoms with E-state index in [1.165, 1.54) is 12.1 Å². The van der Waals surface area contributed by atoms with Gasteiger partial charge >= 0.3 is 5.97 Å². The van der Waals surface area contributed by atoms with Crippen molar-refractivity contribution in [3.8, 4) is 0 Å². The van der Waals surface area contributed by atoms with Crippen LogP contribution in [0.4, 0.5) is 0 Å². The van der Waals surface area contributed by atoms with Crippen molar-refractivity contribution in [2.45, 2.75) is 58.0 Å². The first-order valence-electron chi connectivity index (χ1n) is 9.17. The van der Waals surface area contributed by atoms with Crippen molar-refractivity contribution < 1.29 is 22.4 Å². The van der Waals surface area contributed by atoms with Crippen LogP contribution in [0.5, 0.6) is 0 Å². The summed E-state index contributed by atoms with van der Waals surface area (Å²) < 4.78 is 36.0. The molecule has 0 aliphatic heterocycles. The number of nitrogens with zero attached hydrogens (tertiary/aromatic N) is 1. The summed E-state index contributed by atoms with van der Waals surface area (Å²) in [7, 11) is -3.78. The fraction of sp³-hybridized carbons (Fsp3) is 0.400. The summed E-state index contributed by atoms with van der Waals surface area (Å²) in [5.74, 6) is 0.254. The van der Waals surface area contributed by atoms with E-state index in [4.69, 9.17) is 9.15 Å². The monoisotopic (exact) mass is 404 g/mol. The third-order valence-corrected chi connectivity index (χ3v) is 5.71. The highest BCUT2D eigenvalue weighted by Crippen LogP contribution is 2.30. The molecule has 0 radical (unpaired) electrons. The molecular weight excluding hydrogens is 380 g/mol. The molecule has 0 spiro atoms. The fourth-order valence-corrected chi connectivity index (χ4v) is 3.96. The van der Waals surface area contributed by atoms with Crippen molar-refractivity contribution in [3.05, 3.63) is 52.5 Å². The molecule has 0 saturated carbocycles. The summed E-state index contributed by atoms with van der Waals surface area (Å²) in [5.41, 5.74) is 2.83. The second-order valence-corrected chi connectivity index (χ2v) is 8.79. The van der Waals surface area contributed by atoms with Gasteiger partial charge in [-0.3, -0.25) is 0 Å². The van der Waals surface area contributed by atoms with Gasteiger partial charge < -0.3 is 9.15 Å². The second-order valence-electron chi connectivity index (χ2n) is 7.13. The Kier molecular flexibility index (Phi) is 5.60. The zero-order valence-corrected chi connectivity index (χ0v) is 17.2. The predicted octanol–water partition coefficient (Wildman–Crippen LogP) is 3.48. The number of ether oxygens (including phenoxy) is 1. The minimum absolute atomic E-state index is 0.142. The Morgan fingerprint density at radius 3 is 2.50 bits per heavy atom. The second kappa shape index (κ2) is 7.79. The highest BCUT2D eigenvalue weighted by molar-refractivity contribution is 7.89. The van der Waals surface area contributed by atoms with Gasteiger partial charge in [0.1, 0.15) is 5.76 Å². The number of furan rings is 1. The number of hydrogen-bond donors (Lipinski definition) is 1. The Hall–Kier alpha value is -2.61. The molecule has 28 heavy (non-hydrogen) atoms. The number of carbonyl (C=O) groups is 1. The molecule has 1 aromatic carbocycles. The minimum atomic E-state index is -3.78. The van der Waals surface area contributed by atoms with Crippen molar-refractivity contribution in [1.29, 1.82) is 0 Å². The summed E-state index contributed by atoms with van der Waals surface area (Å²) in [5, 5.41) is 4.16. The maximum absolute atomic E-state index is 12.5. The van der Waals surface area contributed by atoms with Crippen molar-refractivity contribution in [1.82, 2.24) is 4.83 Å². The molecule has 0 saturated heterocycles. The molecule has 1 N–H and O–H groups in total. The third kappa shape index (κ3) is 4.11. The molecule has 1 aliphatic carbocycles. The van der Waals surface area contributed by atoms with Crippen LogP contribution < -0.4 is 4.83 Å². The molecule has 0 unspecified atom stereocenters. The number of nitrogens with one attached hydrogen (secondary N) is 1. The number of carbonyl (C=O) groups excluding carboxylic acids is 1. The lowest BCUT2D eigenvalue weighted by Gasteiger charge is -2.14. The molecule has 3 rings (SSSR count). The van der Waals surface area contributed by atoms with Crippen LogP contribution in [0.2, 0.25) is 0 Å². The Bertz CT molecular complexity index is 1020. The van der Waals surface area contributed by atoms with E-state index in [1.807, 2.05) is 6.92 Å². The zero-order valence-electron chi connectivity index (χ0n) is 16.4. The maximum Gasteiger partial charge on any atom is 0.374 e. The lowest BCUT2D eigenvalue weighted by atomic mass is 9.93. The first kappa shape index (κ1) is 20.1. The van der Waals surface area contributed by atoms with Crippen LogP contribution >= 0.6 is 0 Å². The number of benzene rings is 1. The SMILES string of the molecule is Cc1ccc(S(=O)(=O)N/N=C2\CCCc3oc(C(=O)OC(C)C)c(C)c32)cc1. The van der Waals surface area contributed by atoms with Gasteiger partial charge in [0, 0.05) is 17.5 Å². The Morgan fingerprint density at radius 1 is 1.18 bits per heavy atom. The number of rotatable bonds is 5. The zero-order chi connectivity index (χ0) is 20.5. The highest BCUT2D eigenvalue weighted by atomic mass is 32.2. The number of hydrazone groups is 1. The van der Waals surface area contributed by atoms with Gasteiger partial charge in [-0.1, -0.05) is 17.7 Å². The summed E-state index contributed by atoms with van der Waals surface area (Å²) in [6.45, 7) is 7.18. The largest absolute Gasteiger partial charge is 0.457 e. The smallest absolute Gasteiger partial charge is 0.374 e. The van der Waals surface area contributed by atoms with Gasteiger partial charge in [0.25, 0.3) is 10.0 Å². The van der Waals surface area contributed by atoms with Crippen LogP contribution in [0, 0.1) is 13.8 Å². The van der Waals surface area contributed by atoms with E-state index in [1.54, 1.807) is 32.9 Å². The van der Waals surface area contributed by atoms with Crippen LogP contribution in [0.1, 0.15) is 59.7 Å². The van der Waals surface area contributed by atoms with E-state index in [2.05, 4.69) is 9.93 Å². The van der Waals surface area contributed by atoms with Gasteiger partial charge in [-0.15, -0.1) is 0 Å². The average molecular weight is 404 g/mol. The average Bonchev–Trinajstić information content (AvgIpc) is 2.97. The topological polar surface area (TPSA) is 98.0 Å². The number of sulfonamides is 1. The minimum Gasteiger partial charge on any atom is -0.457 e. The number of esters is 1. The Labute approximate surface area is 164 Å². The molecule has 0 fully saturated rings. The van der Waals surface area contributed by atoms with E-state index in [0.717, 1.165) is 12.0 Å². The quantitative estimate of drug-likeness (QED) is 0.608. The first-order valence-corrected chi connectivity index (χ1v) is 10.7. The van der Waals surface area contributed by atoms with Crippen LogP contribution in [-0.2, 0) is 21.2 Å². The van der Waals surface area contributed by atoms with Crippen molar-refractivity contribution in [3.63, 3.8) is 0 Å². The molecule has 2 aromatic rings. The van der Waals surface area contributed by atoms with Gasteiger partial charge in [-0.2, -0.15) is 18.4 Å². The summed E-state index contributed by atoms with van der Waals surface area (Å²) in [6, 6.07) is 6.53. The molecule has 0 bridgehead atoms. The van der Waals surface area contributed by atoms with E-state index in [0.29, 0.717) is 35.4 Å². The number of hydrogen-bond acceptors (Lipinski definition) is 6. The van der Waals surface area contributed by atoms with Crippen LogP contribution in [0.3, 0.4) is 0 Å². The molecular formula is C20H24N2O5S. The van der Waals surface area contributed by atoms with E-state index in [-0.39, 0.29) is 16.8 Å².